The zero-order chi connectivity index (χ0) is 18.8. The maximum atomic E-state index is 11.6. The molecule has 134 valence electrons. The Morgan fingerprint density at radius 1 is 1.36 bits per heavy atom. The van der Waals surface area contributed by atoms with Crippen LogP contribution in [0.2, 0.25) is 0 Å². The van der Waals surface area contributed by atoms with Gasteiger partial charge in [0.15, 0.2) is 6.61 Å². The van der Waals surface area contributed by atoms with E-state index < -0.39 is 29.4 Å². The Bertz CT molecular complexity index is 686. The number of hydrogen-bond acceptors (Lipinski definition) is 6. The van der Waals surface area contributed by atoms with Crippen LogP contribution in [0.25, 0.3) is 6.08 Å². The van der Waals surface area contributed by atoms with Gasteiger partial charge in [-0.05, 0) is 25.5 Å². The van der Waals surface area contributed by atoms with Crippen molar-refractivity contribution in [2.75, 3.05) is 13.2 Å². The van der Waals surface area contributed by atoms with Crippen LogP contribution in [-0.4, -0.2) is 41.9 Å². The molecule has 0 saturated heterocycles. The Kier molecular flexibility index (Phi) is 7.77. The van der Waals surface area contributed by atoms with Crippen LogP contribution in [0.1, 0.15) is 19.4 Å². The molecule has 1 atom stereocenters. The van der Waals surface area contributed by atoms with Crippen molar-refractivity contribution in [1.82, 2.24) is 10.6 Å². The van der Waals surface area contributed by atoms with Crippen molar-refractivity contribution in [2.24, 2.45) is 0 Å². The molecule has 0 saturated carbocycles. The van der Waals surface area contributed by atoms with Crippen molar-refractivity contribution < 1.29 is 24.0 Å². The number of ether oxygens (including phenoxy) is 1. The second-order valence-electron chi connectivity index (χ2n) is 4.98. The molecule has 0 aliphatic rings. The summed E-state index contributed by atoms with van der Waals surface area (Å²) in [5.41, 5.74) is 0.342. The van der Waals surface area contributed by atoms with E-state index in [9.17, 15) is 24.5 Å². The van der Waals surface area contributed by atoms with E-state index in [1.165, 1.54) is 31.2 Å². The number of carbonyl (C=O) groups excluding carboxylic acids is 3. The standard InChI is InChI=1S/C16H19N3O6/c1-3-17-16(22)11(2)18-14(20)10-25-15(21)8-7-12-5-4-6-13(9-12)19(23)24/h4-9,11H,3,10H2,1-2H3,(H,17,22)(H,18,20)/b8-7+/t11-/m1/s1. The summed E-state index contributed by atoms with van der Waals surface area (Å²) >= 11 is 0. The molecule has 1 rings (SSSR count). The maximum Gasteiger partial charge on any atom is 0.331 e. The molecule has 25 heavy (non-hydrogen) atoms. The predicted molar refractivity (Wildman–Crippen MR) is 89.4 cm³/mol. The van der Waals surface area contributed by atoms with Gasteiger partial charge in [-0.2, -0.15) is 0 Å². The van der Waals surface area contributed by atoms with Crippen LogP contribution < -0.4 is 10.6 Å². The minimum absolute atomic E-state index is 0.103. The molecule has 1 aromatic rings. The number of nitro benzene ring substituents is 1. The minimum Gasteiger partial charge on any atom is -0.452 e. The van der Waals surface area contributed by atoms with Crippen LogP contribution in [0.5, 0.6) is 0 Å². The van der Waals surface area contributed by atoms with E-state index in [2.05, 4.69) is 10.6 Å². The average Bonchev–Trinajstić information content (AvgIpc) is 2.58. The number of carbonyl (C=O) groups is 3. The van der Waals surface area contributed by atoms with Crippen molar-refractivity contribution in [1.29, 1.82) is 0 Å². The number of likely N-dealkylation sites (N-methyl/N-ethyl adjacent to an activating group) is 1. The fourth-order valence-corrected chi connectivity index (χ4v) is 1.77. The van der Waals surface area contributed by atoms with E-state index in [0.717, 1.165) is 6.08 Å². The van der Waals surface area contributed by atoms with Crippen molar-refractivity contribution in [3.63, 3.8) is 0 Å². The van der Waals surface area contributed by atoms with Gasteiger partial charge in [-0.1, -0.05) is 12.1 Å². The molecule has 0 aliphatic heterocycles. The highest BCUT2D eigenvalue weighted by Gasteiger charge is 2.15. The van der Waals surface area contributed by atoms with Gasteiger partial charge in [0.25, 0.3) is 11.6 Å². The Balaban J connectivity index is 2.46. The van der Waals surface area contributed by atoms with Crippen LogP contribution in [-0.2, 0) is 19.1 Å². The molecule has 2 N–H and O–H groups in total. The number of amides is 2. The monoisotopic (exact) mass is 349 g/mol. The molecule has 9 nitrogen and oxygen atoms in total. The Hall–Kier alpha value is -3.23. The highest BCUT2D eigenvalue weighted by atomic mass is 16.6. The molecule has 2 amide bonds. The Morgan fingerprint density at radius 3 is 2.72 bits per heavy atom. The summed E-state index contributed by atoms with van der Waals surface area (Å²) in [6.45, 7) is 3.16. The molecule has 0 aliphatic carbocycles. The third kappa shape index (κ3) is 7.25. The van der Waals surface area contributed by atoms with Gasteiger partial charge in [0.05, 0.1) is 4.92 Å². The van der Waals surface area contributed by atoms with Gasteiger partial charge in [-0.15, -0.1) is 0 Å². The summed E-state index contributed by atoms with van der Waals surface area (Å²) in [7, 11) is 0. The summed E-state index contributed by atoms with van der Waals surface area (Å²) in [5, 5.41) is 15.6. The van der Waals surface area contributed by atoms with Crippen molar-refractivity contribution >= 4 is 29.5 Å². The molecular weight excluding hydrogens is 330 g/mol. The topological polar surface area (TPSA) is 128 Å². The molecule has 0 bridgehead atoms. The number of rotatable bonds is 8. The molecular formula is C16H19N3O6. The summed E-state index contributed by atoms with van der Waals surface area (Å²) in [4.78, 5) is 44.7. The van der Waals surface area contributed by atoms with Gasteiger partial charge in [-0.3, -0.25) is 19.7 Å². The van der Waals surface area contributed by atoms with Crippen LogP contribution in [0.3, 0.4) is 0 Å². The maximum absolute atomic E-state index is 11.6. The van der Waals surface area contributed by atoms with Gasteiger partial charge in [0.2, 0.25) is 5.91 Å². The summed E-state index contributed by atoms with van der Waals surface area (Å²) in [6, 6.07) is 4.95. The third-order valence-electron chi connectivity index (χ3n) is 2.96. The van der Waals surface area contributed by atoms with Crippen molar-refractivity contribution in [3.8, 4) is 0 Å². The zero-order valence-electron chi connectivity index (χ0n) is 13.9. The lowest BCUT2D eigenvalue weighted by molar-refractivity contribution is -0.384. The van der Waals surface area contributed by atoms with Crippen LogP contribution >= 0.6 is 0 Å². The normalized spacial score (nSPS) is 11.6. The lowest BCUT2D eigenvalue weighted by Crippen LogP contribution is -2.46. The van der Waals surface area contributed by atoms with Crippen LogP contribution in [0, 0.1) is 10.1 Å². The molecule has 9 heteroatoms. The average molecular weight is 349 g/mol. The number of non-ortho nitro benzene ring substituents is 1. The first-order valence-corrected chi connectivity index (χ1v) is 7.49. The molecule has 0 heterocycles. The van der Waals surface area contributed by atoms with Crippen LogP contribution in [0.4, 0.5) is 5.69 Å². The van der Waals surface area contributed by atoms with E-state index in [4.69, 9.17) is 4.74 Å². The first kappa shape index (κ1) is 19.8. The number of nitro groups is 1. The Labute approximate surface area is 144 Å². The first-order chi connectivity index (χ1) is 11.8. The molecule has 0 unspecified atom stereocenters. The van der Waals surface area contributed by atoms with Crippen LogP contribution in [0.15, 0.2) is 30.3 Å². The quantitative estimate of drug-likeness (QED) is 0.309. The smallest absolute Gasteiger partial charge is 0.331 e. The number of nitrogens with zero attached hydrogens (tertiary/aromatic N) is 1. The van der Waals surface area contributed by atoms with E-state index >= 15 is 0 Å². The fraction of sp³-hybridized carbons (Fsp3) is 0.312. The lowest BCUT2D eigenvalue weighted by Gasteiger charge is -2.12. The van der Waals surface area contributed by atoms with Gasteiger partial charge >= 0.3 is 5.97 Å². The number of esters is 1. The van der Waals surface area contributed by atoms with Gasteiger partial charge < -0.3 is 15.4 Å². The summed E-state index contributed by atoms with van der Waals surface area (Å²) < 4.78 is 4.74. The lowest BCUT2D eigenvalue weighted by atomic mass is 10.2. The van der Waals surface area contributed by atoms with Gasteiger partial charge in [-0.25, -0.2) is 4.79 Å². The van der Waals surface area contributed by atoms with E-state index in [1.54, 1.807) is 13.0 Å². The number of nitrogens with one attached hydrogen (secondary N) is 2. The first-order valence-electron chi connectivity index (χ1n) is 7.49. The second-order valence-corrected chi connectivity index (χ2v) is 4.98. The highest BCUT2D eigenvalue weighted by molar-refractivity contribution is 5.91. The molecule has 1 aromatic carbocycles. The second kappa shape index (κ2) is 9.81. The number of hydrogen-bond donors (Lipinski definition) is 2. The SMILES string of the molecule is CCNC(=O)[C@@H](C)NC(=O)COC(=O)/C=C/c1cccc([N+](=O)[O-])c1. The third-order valence-corrected chi connectivity index (χ3v) is 2.96. The van der Waals surface area contributed by atoms with E-state index in [1.807, 2.05) is 0 Å². The van der Waals surface area contributed by atoms with E-state index in [0.29, 0.717) is 12.1 Å². The van der Waals surface area contributed by atoms with Crippen molar-refractivity contribution in [2.45, 2.75) is 19.9 Å². The molecule has 0 aromatic heterocycles. The fourth-order valence-electron chi connectivity index (χ4n) is 1.77. The predicted octanol–water partition coefficient (Wildman–Crippen LogP) is 0.792. The molecule has 0 radical (unpaired) electrons. The number of benzene rings is 1. The van der Waals surface area contributed by atoms with Crippen molar-refractivity contribution in [3.05, 3.63) is 46.0 Å². The van der Waals surface area contributed by atoms with Gasteiger partial charge in [0, 0.05) is 24.8 Å². The Morgan fingerprint density at radius 2 is 2.08 bits per heavy atom. The zero-order valence-corrected chi connectivity index (χ0v) is 13.9. The molecule has 0 fully saturated rings. The minimum atomic E-state index is -0.785. The largest absolute Gasteiger partial charge is 0.452 e. The van der Waals surface area contributed by atoms with E-state index in [-0.39, 0.29) is 11.6 Å². The summed E-state index contributed by atoms with van der Waals surface area (Å²) in [6.07, 6.45) is 2.39. The highest BCUT2D eigenvalue weighted by Crippen LogP contribution is 2.14. The summed E-state index contributed by atoms with van der Waals surface area (Å²) in [5.74, 6) is -1.74. The van der Waals surface area contributed by atoms with Gasteiger partial charge in [0.1, 0.15) is 6.04 Å². The molecule has 0 spiro atoms.